The van der Waals surface area contributed by atoms with E-state index in [1.54, 1.807) is 0 Å². The van der Waals surface area contributed by atoms with Crippen LogP contribution in [-0.4, -0.2) is 24.0 Å². The van der Waals surface area contributed by atoms with Gasteiger partial charge >= 0.3 is 11.3 Å². The number of rotatable bonds is 9. The molecule has 0 aliphatic carbocycles. The SMILES string of the molecule is CCCCN(CCCC)c1ccc2cc(C(=O)c3cc4ccc(O)cc4oc3=O)c(=O)oc2c1. The number of benzene rings is 2. The van der Waals surface area contributed by atoms with Crippen molar-refractivity contribution in [2.75, 3.05) is 18.0 Å². The highest BCUT2D eigenvalue weighted by Gasteiger charge is 2.21. The Kier molecular flexibility index (Phi) is 6.82. The van der Waals surface area contributed by atoms with E-state index in [1.807, 2.05) is 18.2 Å². The zero-order chi connectivity index (χ0) is 24.2. The van der Waals surface area contributed by atoms with Crippen molar-refractivity contribution in [1.29, 1.82) is 0 Å². The highest BCUT2D eigenvalue weighted by molar-refractivity contribution is 6.10. The summed E-state index contributed by atoms with van der Waals surface area (Å²) in [6.07, 6.45) is 4.29. The minimum Gasteiger partial charge on any atom is -0.508 e. The van der Waals surface area contributed by atoms with Gasteiger partial charge < -0.3 is 18.8 Å². The Morgan fingerprint density at radius 3 is 1.88 bits per heavy atom. The molecule has 0 aliphatic heterocycles. The number of hydrogen-bond acceptors (Lipinski definition) is 7. The average molecular weight is 462 g/mol. The molecule has 2 aromatic heterocycles. The summed E-state index contributed by atoms with van der Waals surface area (Å²) < 4.78 is 10.7. The Morgan fingerprint density at radius 1 is 0.794 bits per heavy atom. The molecule has 0 spiro atoms. The standard InChI is InChI=1S/C27H27NO6/c1-3-5-11-28(12-6-4-2)19-9-7-17-13-21(26(31)33-23(17)15-19)25(30)22-14-18-8-10-20(29)16-24(18)34-27(22)32/h7-10,13-16,29H,3-6,11-12H2,1-2H3. The molecule has 0 saturated heterocycles. The Labute approximate surface area is 196 Å². The van der Waals surface area contributed by atoms with Crippen LogP contribution >= 0.6 is 0 Å². The number of aromatic hydroxyl groups is 1. The lowest BCUT2D eigenvalue weighted by molar-refractivity contribution is 0.103. The van der Waals surface area contributed by atoms with E-state index < -0.39 is 17.0 Å². The van der Waals surface area contributed by atoms with Gasteiger partial charge in [-0.2, -0.15) is 0 Å². The van der Waals surface area contributed by atoms with Crippen LogP contribution in [0.4, 0.5) is 5.69 Å². The molecule has 2 aromatic carbocycles. The molecule has 7 heteroatoms. The number of phenolic OH excluding ortho intramolecular Hbond substituents is 1. The highest BCUT2D eigenvalue weighted by atomic mass is 16.4. The zero-order valence-electron chi connectivity index (χ0n) is 19.3. The van der Waals surface area contributed by atoms with Crippen LogP contribution in [0.3, 0.4) is 0 Å². The summed E-state index contributed by atoms with van der Waals surface area (Å²) in [4.78, 5) is 40.5. The molecule has 0 bridgehead atoms. The monoisotopic (exact) mass is 461 g/mol. The molecule has 4 aromatic rings. The second-order valence-electron chi connectivity index (χ2n) is 8.36. The number of hydrogen-bond donors (Lipinski definition) is 1. The molecule has 0 unspecified atom stereocenters. The molecular formula is C27H27NO6. The van der Waals surface area contributed by atoms with Crippen molar-refractivity contribution in [3.63, 3.8) is 0 Å². The first-order chi connectivity index (χ1) is 16.4. The lowest BCUT2D eigenvalue weighted by Crippen LogP contribution is -2.25. The second kappa shape index (κ2) is 9.95. The van der Waals surface area contributed by atoms with Crippen LogP contribution in [0.1, 0.15) is 55.5 Å². The Bertz CT molecular complexity index is 1460. The third-order valence-electron chi connectivity index (χ3n) is 5.86. The first-order valence-electron chi connectivity index (χ1n) is 11.6. The van der Waals surface area contributed by atoms with Gasteiger partial charge in [0.25, 0.3) is 0 Å². The lowest BCUT2D eigenvalue weighted by Gasteiger charge is -2.24. The summed E-state index contributed by atoms with van der Waals surface area (Å²) in [5, 5.41) is 10.6. The predicted molar refractivity (Wildman–Crippen MR) is 132 cm³/mol. The summed E-state index contributed by atoms with van der Waals surface area (Å²) in [6.45, 7) is 6.13. The number of carbonyl (C=O) groups excluding carboxylic acids is 1. The fraction of sp³-hybridized carbons (Fsp3) is 0.296. The third-order valence-corrected chi connectivity index (χ3v) is 5.86. The largest absolute Gasteiger partial charge is 0.508 e. The van der Waals surface area contributed by atoms with Gasteiger partial charge in [-0.25, -0.2) is 9.59 Å². The minimum atomic E-state index is -0.888. The number of unbranched alkanes of at least 4 members (excludes halogenated alkanes) is 2. The molecule has 0 saturated carbocycles. The maximum atomic E-state index is 13.1. The average Bonchev–Trinajstić information content (AvgIpc) is 2.82. The third kappa shape index (κ3) is 4.73. The maximum absolute atomic E-state index is 13.1. The second-order valence-corrected chi connectivity index (χ2v) is 8.36. The van der Waals surface area contributed by atoms with E-state index in [9.17, 15) is 19.5 Å². The van der Waals surface area contributed by atoms with E-state index in [1.165, 1.54) is 30.3 Å². The molecule has 0 radical (unpaired) electrons. The smallest absolute Gasteiger partial charge is 0.347 e. The van der Waals surface area contributed by atoms with Crippen LogP contribution in [0, 0.1) is 0 Å². The first-order valence-corrected chi connectivity index (χ1v) is 11.6. The van der Waals surface area contributed by atoms with Crippen molar-refractivity contribution < 1.29 is 18.7 Å². The van der Waals surface area contributed by atoms with Crippen LogP contribution in [0.2, 0.25) is 0 Å². The van der Waals surface area contributed by atoms with Crippen LogP contribution < -0.4 is 16.2 Å². The fourth-order valence-corrected chi connectivity index (χ4v) is 3.93. The van der Waals surface area contributed by atoms with Crippen molar-refractivity contribution in [2.24, 2.45) is 0 Å². The molecule has 0 amide bonds. The molecule has 176 valence electrons. The number of fused-ring (bicyclic) bond motifs is 2. The molecule has 0 atom stereocenters. The van der Waals surface area contributed by atoms with E-state index in [0.29, 0.717) is 16.4 Å². The number of anilines is 1. The van der Waals surface area contributed by atoms with E-state index in [4.69, 9.17) is 8.83 Å². The van der Waals surface area contributed by atoms with Gasteiger partial charge in [-0.3, -0.25) is 4.79 Å². The summed E-state index contributed by atoms with van der Waals surface area (Å²) in [5.74, 6) is -0.830. The van der Waals surface area contributed by atoms with Gasteiger partial charge in [-0.1, -0.05) is 26.7 Å². The maximum Gasteiger partial charge on any atom is 0.347 e. The van der Waals surface area contributed by atoms with Crippen molar-refractivity contribution >= 4 is 33.4 Å². The van der Waals surface area contributed by atoms with Gasteiger partial charge in [0.1, 0.15) is 28.0 Å². The fourth-order valence-electron chi connectivity index (χ4n) is 3.93. The normalized spacial score (nSPS) is 11.2. The molecular weight excluding hydrogens is 434 g/mol. The number of carbonyl (C=O) groups is 1. The van der Waals surface area contributed by atoms with Crippen molar-refractivity contribution in [3.8, 4) is 5.75 Å². The molecule has 7 nitrogen and oxygen atoms in total. The van der Waals surface area contributed by atoms with E-state index in [-0.39, 0.29) is 22.5 Å². The zero-order valence-corrected chi connectivity index (χ0v) is 19.3. The summed E-state index contributed by atoms with van der Waals surface area (Å²) in [7, 11) is 0. The van der Waals surface area contributed by atoms with E-state index in [2.05, 4.69) is 18.7 Å². The molecule has 34 heavy (non-hydrogen) atoms. The number of ketones is 1. The van der Waals surface area contributed by atoms with Crippen LogP contribution in [-0.2, 0) is 0 Å². The Morgan fingerprint density at radius 2 is 1.32 bits per heavy atom. The minimum absolute atomic E-state index is 0.0628. The van der Waals surface area contributed by atoms with Crippen LogP contribution in [0.25, 0.3) is 21.9 Å². The summed E-state index contributed by atoms with van der Waals surface area (Å²) in [6, 6.07) is 12.6. The number of nitrogens with zero attached hydrogens (tertiary/aromatic N) is 1. The van der Waals surface area contributed by atoms with Crippen LogP contribution in [0.5, 0.6) is 5.75 Å². The molecule has 2 heterocycles. The summed E-state index contributed by atoms with van der Waals surface area (Å²) >= 11 is 0. The number of phenols is 1. The molecule has 0 aliphatic rings. The topological polar surface area (TPSA) is 101 Å². The molecule has 1 N–H and O–H groups in total. The van der Waals surface area contributed by atoms with E-state index >= 15 is 0 Å². The first kappa shape index (κ1) is 23.3. The van der Waals surface area contributed by atoms with Gasteiger partial charge in [0.15, 0.2) is 0 Å². The van der Waals surface area contributed by atoms with Gasteiger partial charge in [-0.05, 0) is 49.2 Å². The van der Waals surface area contributed by atoms with Crippen molar-refractivity contribution in [1.82, 2.24) is 0 Å². The van der Waals surface area contributed by atoms with Gasteiger partial charge in [-0.15, -0.1) is 0 Å². The Balaban J connectivity index is 1.71. The van der Waals surface area contributed by atoms with Crippen LogP contribution in [0.15, 0.2) is 67.0 Å². The van der Waals surface area contributed by atoms with Gasteiger partial charge in [0, 0.05) is 41.7 Å². The lowest BCUT2D eigenvalue weighted by atomic mass is 10.0. The van der Waals surface area contributed by atoms with Gasteiger partial charge in [0.2, 0.25) is 5.78 Å². The summed E-state index contributed by atoms with van der Waals surface area (Å²) in [5.41, 5.74) is -0.705. The quantitative estimate of drug-likeness (QED) is 0.269. The molecule has 4 rings (SSSR count). The van der Waals surface area contributed by atoms with Crippen molar-refractivity contribution in [2.45, 2.75) is 39.5 Å². The molecule has 0 fully saturated rings. The van der Waals surface area contributed by atoms with Crippen molar-refractivity contribution in [3.05, 3.63) is 80.5 Å². The Hall–Kier alpha value is -3.87. The van der Waals surface area contributed by atoms with Gasteiger partial charge in [0.05, 0.1) is 0 Å². The predicted octanol–water partition coefficient (Wildman–Crippen LogP) is 5.24. The van der Waals surface area contributed by atoms with E-state index in [0.717, 1.165) is 44.5 Å². The highest BCUT2D eigenvalue weighted by Crippen LogP contribution is 2.24.